The van der Waals surface area contributed by atoms with Crippen LogP contribution in [0.2, 0.25) is 0 Å². The number of aromatic hydroxyl groups is 1. The Morgan fingerprint density at radius 1 is 1.14 bits per heavy atom. The molecule has 2 rings (SSSR count). The summed E-state index contributed by atoms with van der Waals surface area (Å²) in [6, 6.07) is 11.9. The molecule has 0 aromatic heterocycles. The largest absolute Gasteiger partial charge is 0.508 e. The van der Waals surface area contributed by atoms with Gasteiger partial charge in [-0.05, 0) is 42.2 Å². The summed E-state index contributed by atoms with van der Waals surface area (Å²) in [7, 11) is 1.29. The van der Waals surface area contributed by atoms with E-state index in [1.807, 2.05) is 24.3 Å². The molecule has 110 valence electrons. The van der Waals surface area contributed by atoms with Crippen molar-refractivity contribution in [3.8, 4) is 17.2 Å². The van der Waals surface area contributed by atoms with E-state index in [1.54, 1.807) is 11.8 Å². The smallest absolute Gasteiger partial charge is 0.338 e. The number of hydrogen-bond donors (Lipinski definition) is 1. The zero-order valence-electron chi connectivity index (χ0n) is 11.8. The summed E-state index contributed by atoms with van der Waals surface area (Å²) < 4.78 is 10.3. The van der Waals surface area contributed by atoms with Crippen LogP contribution in [0, 0.1) is 0 Å². The summed E-state index contributed by atoms with van der Waals surface area (Å²) in [5, 5.41) is 9.64. The quantitative estimate of drug-likeness (QED) is 0.666. The van der Waals surface area contributed by atoms with Crippen LogP contribution < -0.4 is 4.74 Å². The molecule has 0 saturated heterocycles. The Kier molecular flexibility index (Phi) is 5.11. The second kappa shape index (κ2) is 7.04. The maximum absolute atomic E-state index is 11.5. The molecule has 2 aromatic carbocycles. The normalized spacial score (nSPS) is 10.2. The monoisotopic (exact) mass is 304 g/mol. The minimum Gasteiger partial charge on any atom is -0.508 e. The molecule has 0 bridgehead atoms. The number of thioether (sulfide) groups is 1. The standard InChI is InChI=1S/C16H16O4S/c1-3-21-15-6-4-13(5-7-15)20-14-9-11(16(18)19-2)8-12(17)10-14/h4-10,17H,3H2,1-2H3. The van der Waals surface area contributed by atoms with Crippen LogP contribution in [0.15, 0.2) is 47.4 Å². The molecule has 0 unspecified atom stereocenters. The Bertz CT molecular complexity index is 623. The van der Waals surface area contributed by atoms with Gasteiger partial charge in [0, 0.05) is 11.0 Å². The number of methoxy groups -OCH3 is 1. The minimum absolute atomic E-state index is 0.0499. The number of rotatable bonds is 5. The molecule has 0 aliphatic carbocycles. The lowest BCUT2D eigenvalue weighted by molar-refractivity contribution is 0.0600. The van der Waals surface area contributed by atoms with Gasteiger partial charge in [0.15, 0.2) is 0 Å². The molecule has 0 aliphatic rings. The first kappa shape index (κ1) is 15.3. The highest BCUT2D eigenvalue weighted by Crippen LogP contribution is 2.28. The van der Waals surface area contributed by atoms with Crippen molar-refractivity contribution >= 4 is 17.7 Å². The molecule has 0 fully saturated rings. The molecule has 0 atom stereocenters. The van der Waals surface area contributed by atoms with Gasteiger partial charge in [0.2, 0.25) is 0 Å². The Balaban J connectivity index is 2.18. The van der Waals surface area contributed by atoms with Crippen molar-refractivity contribution in [1.29, 1.82) is 0 Å². The Hall–Kier alpha value is -2.14. The van der Waals surface area contributed by atoms with Gasteiger partial charge in [0.05, 0.1) is 12.7 Å². The molecule has 5 heteroatoms. The predicted molar refractivity (Wildman–Crippen MR) is 82.4 cm³/mol. The van der Waals surface area contributed by atoms with Gasteiger partial charge in [-0.2, -0.15) is 0 Å². The van der Waals surface area contributed by atoms with Crippen LogP contribution in [0.5, 0.6) is 17.2 Å². The van der Waals surface area contributed by atoms with Crippen LogP contribution in [0.4, 0.5) is 0 Å². The lowest BCUT2D eigenvalue weighted by Gasteiger charge is -2.08. The van der Waals surface area contributed by atoms with Gasteiger partial charge in [0.1, 0.15) is 17.2 Å². The summed E-state index contributed by atoms with van der Waals surface area (Å²) in [6.45, 7) is 2.09. The lowest BCUT2D eigenvalue weighted by Crippen LogP contribution is -2.01. The molecule has 2 aromatic rings. The third kappa shape index (κ3) is 4.16. The summed E-state index contributed by atoms with van der Waals surface area (Å²) in [5.74, 6) is 1.45. The van der Waals surface area contributed by atoms with Crippen LogP contribution in [-0.2, 0) is 4.74 Å². The zero-order valence-corrected chi connectivity index (χ0v) is 12.6. The van der Waals surface area contributed by atoms with Crippen LogP contribution in [-0.4, -0.2) is 23.9 Å². The van der Waals surface area contributed by atoms with E-state index in [1.165, 1.54) is 25.3 Å². The molecule has 1 N–H and O–H groups in total. The van der Waals surface area contributed by atoms with Crippen LogP contribution in [0.1, 0.15) is 17.3 Å². The third-order valence-corrected chi connectivity index (χ3v) is 3.58. The maximum Gasteiger partial charge on any atom is 0.338 e. The van der Waals surface area contributed by atoms with E-state index in [9.17, 15) is 9.90 Å². The molecule has 0 radical (unpaired) electrons. The fraction of sp³-hybridized carbons (Fsp3) is 0.188. The second-order valence-corrected chi connectivity index (χ2v) is 5.55. The fourth-order valence-corrected chi connectivity index (χ4v) is 2.45. The predicted octanol–water partition coefficient (Wildman–Crippen LogP) is 4.08. The van der Waals surface area contributed by atoms with Crippen molar-refractivity contribution in [1.82, 2.24) is 0 Å². The van der Waals surface area contributed by atoms with E-state index in [4.69, 9.17) is 4.74 Å². The van der Waals surface area contributed by atoms with Crippen molar-refractivity contribution in [2.24, 2.45) is 0 Å². The van der Waals surface area contributed by atoms with Gasteiger partial charge in [-0.3, -0.25) is 0 Å². The summed E-state index contributed by atoms with van der Waals surface area (Å²) in [4.78, 5) is 12.7. The number of benzene rings is 2. The van der Waals surface area contributed by atoms with Crippen LogP contribution in [0.25, 0.3) is 0 Å². The molecule has 0 spiro atoms. The van der Waals surface area contributed by atoms with Gasteiger partial charge in [-0.25, -0.2) is 4.79 Å². The number of ether oxygens (including phenoxy) is 2. The van der Waals surface area contributed by atoms with Gasteiger partial charge in [-0.15, -0.1) is 11.8 Å². The molecular weight excluding hydrogens is 288 g/mol. The highest BCUT2D eigenvalue weighted by atomic mass is 32.2. The number of carbonyl (C=O) groups excluding carboxylic acids is 1. The van der Waals surface area contributed by atoms with E-state index in [0.717, 1.165) is 10.6 Å². The molecule has 0 amide bonds. The molecule has 4 nitrogen and oxygen atoms in total. The van der Waals surface area contributed by atoms with E-state index in [0.29, 0.717) is 11.5 Å². The highest BCUT2D eigenvalue weighted by molar-refractivity contribution is 7.99. The first-order valence-corrected chi connectivity index (χ1v) is 7.44. The number of carbonyl (C=O) groups is 1. The Morgan fingerprint density at radius 2 is 1.86 bits per heavy atom. The highest BCUT2D eigenvalue weighted by Gasteiger charge is 2.10. The molecular formula is C16H16O4S. The zero-order chi connectivity index (χ0) is 15.2. The van der Waals surface area contributed by atoms with E-state index in [2.05, 4.69) is 11.7 Å². The van der Waals surface area contributed by atoms with Crippen LogP contribution >= 0.6 is 11.8 Å². The molecule has 0 heterocycles. The lowest BCUT2D eigenvalue weighted by atomic mass is 10.2. The molecule has 21 heavy (non-hydrogen) atoms. The SMILES string of the molecule is CCSc1ccc(Oc2cc(O)cc(C(=O)OC)c2)cc1. The first-order chi connectivity index (χ1) is 10.1. The number of phenols is 1. The van der Waals surface area contributed by atoms with Gasteiger partial charge >= 0.3 is 5.97 Å². The van der Waals surface area contributed by atoms with Crippen molar-refractivity contribution < 1.29 is 19.4 Å². The van der Waals surface area contributed by atoms with Crippen molar-refractivity contribution in [3.63, 3.8) is 0 Å². The van der Waals surface area contributed by atoms with Crippen molar-refractivity contribution in [3.05, 3.63) is 48.0 Å². The average molecular weight is 304 g/mol. The van der Waals surface area contributed by atoms with E-state index < -0.39 is 5.97 Å². The Labute approximate surface area is 127 Å². The third-order valence-electron chi connectivity index (χ3n) is 2.68. The summed E-state index contributed by atoms with van der Waals surface area (Å²) >= 11 is 1.75. The maximum atomic E-state index is 11.5. The summed E-state index contributed by atoms with van der Waals surface area (Å²) in [5.41, 5.74) is 0.241. The molecule has 0 saturated carbocycles. The van der Waals surface area contributed by atoms with Gasteiger partial charge < -0.3 is 14.6 Å². The molecule has 0 aliphatic heterocycles. The van der Waals surface area contributed by atoms with Gasteiger partial charge in [-0.1, -0.05) is 6.92 Å². The fourth-order valence-electron chi connectivity index (χ4n) is 1.78. The topological polar surface area (TPSA) is 55.8 Å². The Morgan fingerprint density at radius 3 is 2.48 bits per heavy atom. The number of phenolic OH excluding ortho intramolecular Hbond substituents is 1. The van der Waals surface area contributed by atoms with Crippen molar-refractivity contribution in [2.45, 2.75) is 11.8 Å². The first-order valence-electron chi connectivity index (χ1n) is 6.45. The second-order valence-electron chi connectivity index (χ2n) is 4.21. The minimum atomic E-state index is -0.523. The number of esters is 1. The number of hydrogen-bond acceptors (Lipinski definition) is 5. The van der Waals surface area contributed by atoms with Gasteiger partial charge in [0.25, 0.3) is 0 Å². The van der Waals surface area contributed by atoms with E-state index >= 15 is 0 Å². The van der Waals surface area contributed by atoms with Crippen molar-refractivity contribution in [2.75, 3.05) is 12.9 Å². The average Bonchev–Trinajstić information content (AvgIpc) is 2.48. The van der Waals surface area contributed by atoms with E-state index in [-0.39, 0.29) is 11.3 Å². The van der Waals surface area contributed by atoms with Crippen LogP contribution in [0.3, 0.4) is 0 Å². The summed E-state index contributed by atoms with van der Waals surface area (Å²) in [6.07, 6.45) is 0.